The topological polar surface area (TPSA) is 51.6 Å². The van der Waals surface area contributed by atoms with Gasteiger partial charge in [-0.25, -0.2) is 19.9 Å². The molecule has 3 aromatic heterocycles. The molecule has 20 heavy (non-hydrogen) atoms. The Labute approximate surface area is 113 Å². The Hall–Kier alpha value is -2.76. The fourth-order valence-corrected chi connectivity index (χ4v) is 1.76. The molecule has 0 fully saturated rings. The van der Waals surface area contributed by atoms with Crippen LogP contribution in [0.15, 0.2) is 48.9 Å². The van der Waals surface area contributed by atoms with Gasteiger partial charge in [0.05, 0.1) is 5.69 Å². The third-order valence-electron chi connectivity index (χ3n) is 2.66. The zero-order valence-corrected chi connectivity index (χ0v) is 10.2. The van der Waals surface area contributed by atoms with Gasteiger partial charge in [-0.05, 0) is 18.2 Å². The molecule has 0 bridgehead atoms. The zero-order chi connectivity index (χ0) is 13.9. The second-order valence-corrected chi connectivity index (χ2v) is 4.00. The first-order chi connectivity index (χ1) is 9.72. The second-order valence-electron chi connectivity index (χ2n) is 4.00. The van der Waals surface area contributed by atoms with Crippen LogP contribution in [-0.4, -0.2) is 19.9 Å². The van der Waals surface area contributed by atoms with Crippen molar-refractivity contribution < 1.29 is 8.78 Å². The Morgan fingerprint density at radius 1 is 0.700 bits per heavy atom. The van der Waals surface area contributed by atoms with Crippen LogP contribution in [0, 0.1) is 11.9 Å². The molecule has 0 saturated carbocycles. The maximum Gasteiger partial charge on any atom is 0.213 e. The summed E-state index contributed by atoms with van der Waals surface area (Å²) in [5.41, 5.74) is 1.62. The van der Waals surface area contributed by atoms with E-state index in [4.69, 9.17) is 0 Å². The van der Waals surface area contributed by atoms with E-state index in [1.807, 2.05) is 0 Å². The molecule has 0 unspecified atom stereocenters. The largest absolute Gasteiger partial charge is 0.237 e. The van der Waals surface area contributed by atoms with E-state index in [-0.39, 0.29) is 0 Å². The number of pyridine rings is 2. The molecule has 0 spiro atoms. The lowest BCUT2D eigenvalue weighted by atomic mass is 10.2. The summed E-state index contributed by atoms with van der Waals surface area (Å²) in [5, 5.41) is 0. The Balaban J connectivity index is 2.06. The Kier molecular flexibility index (Phi) is 3.12. The van der Waals surface area contributed by atoms with Crippen LogP contribution >= 0.6 is 0 Å². The molecule has 0 saturated heterocycles. The van der Waals surface area contributed by atoms with Crippen molar-refractivity contribution in [2.24, 2.45) is 0 Å². The molecular weight excluding hydrogens is 262 g/mol. The van der Waals surface area contributed by atoms with E-state index in [1.165, 1.54) is 30.7 Å². The van der Waals surface area contributed by atoms with Gasteiger partial charge in [0.25, 0.3) is 0 Å². The van der Waals surface area contributed by atoms with Crippen molar-refractivity contribution in [2.45, 2.75) is 0 Å². The minimum absolute atomic E-state index is 0.348. The zero-order valence-electron chi connectivity index (χ0n) is 10.2. The Bertz CT molecular complexity index is 701. The molecule has 0 aliphatic heterocycles. The molecule has 0 aromatic carbocycles. The van der Waals surface area contributed by atoms with Crippen LogP contribution in [0.3, 0.4) is 0 Å². The molecule has 3 rings (SSSR count). The van der Waals surface area contributed by atoms with E-state index >= 15 is 0 Å². The van der Waals surface area contributed by atoms with Crippen molar-refractivity contribution >= 4 is 0 Å². The summed E-state index contributed by atoms with van der Waals surface area (Å²) in [6.07, 6.45) is 4.24. The van der Waals surface area contributed by atoms with Crippen molar-refractivity contribution in [2.75, 3.05) is 0 Å². The van der Waals surface area contributed by atoms with Gasteiger partial charge in [-0.3, -0.25) is 0 Å². The standard InChI is InChI=1S/C14H8F2N4/c15-12-7-9(1-4-17-12)11-3-6-19-14(20-11)10-2-5-18-13(16)8-10/h1-8H. The van der Waals surface area contributed by atoms with Crippen LogP contribution in [0.4, 0.5) is 8.78 Å². The van der Waals surface area contributed by atoms with Gasteiger partial charge < -0.3 is 0 Å². The molecule has 6 heteroatoms. The summed E-state index contributed by atoms with van der Waals surface area (Å²) in [5.74, 6) is -0.843. The summed E-state index contributed by atoms with van der Waals surface area (Å²) < 4.78 is 26.2. The monoisotopic (exact) mass is 270 g/mol. The first-order valence-electron chi connectivity index (χ1n) is 5.79. The van der Waals surface area contributed by atoms with Crippen molar-refractivity contribution in [1.29, 1.82) is 0 Å². The van der Waals surface area contributed by atoms with E-state index in [1.54, 1.807) is 18.2 Å². The Morgan fingerprint density at radius 3 is 2.00 bits per heavy atom. The third kappa shape index (κ3) is 2.49. The summed E-state index contributed by atoms with van der Waals surface area (Å²) in [6, 6.07) is 7.42. The van der Waals surface area contributed by atoms with Gasteiger partial charge in [0.15, 0.2) is 5.82 Å². The first kappa shape index (κ1) is 12.3. The summed E-state index contributed by atoms with van der Waals surface area (Å²) >= 11 is 0. The van der Waals surface area contributed by atoms with E-state index in [2.05, 4.69) is 19.9 Å². The van der Waals surface area contributed by atoms with Crippen LogP contribution in [0.5, 0.6) is 0 Å². The maximum atomic E-state index is 13.1. The summed E-state index contributed by atoms with van der Waals surface area (Å²) in [4.78, 5) is 15.3. The van der Waals surface area contributed by atoms with Gasteiger partial charge in [-0.1, -0.05) is 0 Å². The average molecular weight is 270 g/mol. The number of rotatable bonds is 2. The Morgan fingerprint density at radius 2 is 1.30 bits per heavy atom. The molecule has 0 amide bonds. The molecule has 98 valence electrons. The van der Waals surface area contributed by atoms with Gasteiger partial charge in [-0.15, -0.1) is 0 Å². The average Bonchev–Trinajstić information content (AvgIpc) is 2.47. The number of aromatic nitrogens is 4. The van der Waals surface area contributed by atoms with E-state index < -0.39 is 11.9 Å². The SMILES string of the molecule is Fc1cc(-c2ccnc(-c3ccnc(F)c3)n2)ccn1. The van der Waals surface area contributed by atoms with Crippen molar-refractivity contribution in [3.05, 3.63) is 60.8 Å². The fraction of sp³-hybridized carbons (Fsp3) is 0. The molecule has 3 aromatic rings. The van der Waals surface area contributed by atoms with Crippen LogP contribution in [0.25, 0.3) is 22.6 Å². The highest BCUT2D eigenvalue weighted by molar-refractivity contribution is 5.62. The molecule has 0 atom stereocenters. The van der Waals surface area contributed by atoms with Crippen molar-refractivity contribution in [3.63, 3.8) is 0 Å². The van der Waals surface area contributed by atoms with Crippen LogP contribution in [-0.2, 0) is 0 Å². The predicted molar refractivity (Wildman–Crippen MR) is 68.4 cm³/mol. The van der Waals surface area contributed by atoms with Crippen LogP contribution < -0.4 is 0 Å². The molecule has 0 N–H and O–H groups in total. The summed E-state index contributed by atoms with van der Waals surface area (Å²) in [6.45, 7) is 0. The quantitative estimate of drug-likeness (QED) is 0.672. The lowest BCUT2D eigenvalue weighted by Crippen LogP contribution is -1.93. The lowest BCUT2D eigenvalue weighted by Gasteiger charge is -2.04. The second kappa shape index (κ2) is 5.08. The third-order valence-corrected chi connectivity index (χ3v) is 2.66. The maximum absolute atomic E-state index is 13.1. The highest BCUT2D eigenvalue weighted by atomic mass is 19.1. The number of hydrogen-bond acceptors (Lipinski definition) is 4. The highest BCUT2D eigenvalue weighted by Gasteiger charge is 2.06. The van der Waals surface area contributed by atoms with Gasteiger partial charge in [0, 0.05) is 41.9 Å². The van der Waals surface area contributed by atoms with E-state index in [0.717, 1.165) is 0 Å². The molecule has 0 aliphatic carbocycles. The highest BCUT2D eigenvalue weighted by Crippen LogP contribution is 2.20. The molecule has 3 heterocycles. The molecule has 0 radical (unpaired) electrons. The van der Waals surface area contributed by atoms with Gasteiger partial charge in [-0.2, -0.15) is 8.78 Å². The minimum atomic E-state index is -0.605. The normalized spacial score (nSPS) is 10.5. The smallest absolute Gasteiger partial charge is 0.213 e. The number of halogens is 2. The summed E-state index contributed by atoms with van der Waals surface area (Å²) in [7, 11) is 0. The molecular formula is C14H8F2N4. The van der Waals surface area contributed by atoms with Crippen molar-refractivity contribution in [1.82, 2.24) is 19.9 Å². The lowest BCUT2D eigenvalue weighted by molar-refractivity contribution is 0.584. The molecule has 4 nitrogen and oxygen atoms in total. The van der Waals surface area contributed by atoms with E-state index in [0.29, 0.717) is 22.6 Å². The first-order valence-corrected chi connectivity index (χ1v) is 5.79. The fourth-order valence-electron chi connectivity index (χ4n) is 1.76. The number of hydrogen-bond donors (Lipinski definition) is 0. The number of nitrogens with zero attached hydrogens (tertiary/aromatic N) is 4. The predicted octanol–water partition coefficient (Wildman–Crippen LogP) is 2.88. The van der Waals surface area contributed by atoms with Gasteiger partial charge in [0.2, 0.25) is 11.9 Å². The van der Waals surface area contributed by atoms with Gasteiger partial charge in [0.1, 0.15) is 0 Å². The molecule has 0 aliphatic rings. The minimum Gasteiger partial charge on any atom is -0.237 e. The van der Waals surface area contributed by atoms with Crippen LogP contribution in [0.2, 0.25) is 0 Å². The van der Waals surface area contributed by atoms with Gasteiger partial charge >= 0.3 is 0 Å². The van der Waals surface area contributed by atoms with Crippen molar-refractivity contribution in [3.8, 4) is 22.6 Å². The van der Waals surface area contributed by atoms with Crippen LogP contribution in [0.1, 0.15) is 0 Å². The van der Waals surface area contributed by atoms with E-state index in [9.17, 15) is 8.78 Å².